The molecule has 57 heavy (non-hydrogen) atoms. The normalized spacial score (nSPS) is 11.5. The van der Waals surface area contributed by atoms with Crippen molar-refractivity contribution in [1.82, 2.24) is 4.57 Å². The molecular weight excluding hydrogens is 709 g/mol. The monoisotopic (exact) mass is 744 g/mol. The van der Waals surface area contributed by atoms with Crippen LogP contribution in [-0.4, -0.2) is 4.57 Å². The first-order valence-corrected chi connectivity index (χ1v) is 20.2. The number of rotatable bonds is 7. The van der Waals surface area contributed by atoms with Crippen LogP contribution in [0, 0.1) is 0 Å². The van der Waals surface area contributed by atoms with Crippen LogP contribution in [0.25, 0.3) is 81.0 Å². The molecule has 0 saturated carbocycles. The largest absolute Gasteiger partial charge is 0.310 e. The molecule has 0 radical (unpaired) electrons. The van der Waals surface area contributed by atoms with Gasteiger partial charge in [0, 0.05) is 53.6 Å². The maximum atomic E-state index is 2.47. The number of nitrogens with zero attached hydrogens (tertiary/aromatic N) is 2. The lowest BCUT2D eigenvalue weighted by Gasteiger charge is -2.29. The SMILES string of the molecule is c1ccc(-c2ccc(N(c3ccc4c5ccccc5n(-c5ccccc5)c4c3)c3ccc4sc5ccccc5c4c3-c3cccc(-c4ccccc4)c3)cc2)cc1. The summed E-state index contributed by atoms with van der Waals surface area (Å²) in [5.41, 5.74) is 14.0. The summed E-state index contributed by atoms with van der Waals surface area (Å²) in [4.78, 5) is 2.47. The molecular formula is C54H36N2S. The Bertz CT molecular complexity index is 3220. The van der Waals surface area contributed by atoms with E-state index >= 15 is 0 Å². The summed E-state index contributed by atoms with van der Waals surface area (Å²) >= 11 is 1.86. The molecule has 9 aromatic carbocycles. The van der Waals surface area contributed by atoms with Gasteiger partial charge >= 0.3 is 0 Å². The van der Waals surface area contributed by atoms with E-state index in [9.17, 15) is 0 Å². The number of hydrogen-bond acceptors (Lipinski definition) is 2. The van der Waals surface area contributed by atoms with E-state index in [1.54, 1.807) is 0 Å². The van der Waals surface area contributed by atoms with Gasteiger partial charge in [0.1, 0.15) is 0 Å². The smallest absolute Gasteiger partial charge is 0.0561 e. The van der Waals surface area contributed by atoms with Gasteiger partial charge in [-0.25, -0.2) is 0 Å². The molecule has 0 fully saturated rings. The molecule has 0 amide bonds. The van der Waals surface area contributed by atoms with Crippen LogP contribution < -0.4 is 4.90 Å². The molecule has 0 aliphatic rings. The second kappa shape index (κ2) is 13.8. The third-order valence-electron chi connectivity index (χ3n) is 11.2. The minimum absolute atomic E-state index is 1.09. The van der Waals surface area contributed by atoms with Crippen molar-refractivity contribution in [1.29, 1.82) is 0 Å². The summed E-state index contributed by atoms with van der Waals surface area (Å²) in [6.45, 7) is 0. The van der Waals surface area contributed by atoms with Gasteiger partial charge in [0.05, 0.1) is 16.7 Å². The van der Waals surface area contributed by atoms with Crippen LogP contribution in [0.2, 0.25) is 0 Å². The second-order valence-electron chi connectivity index (χ2n) is 14.5. The lowest BCUT2D eigenvalue weighted by molar-refractivity contribution is 1.18. The molecule has 11 aromatic rings. The first kappa shape index (κ1) is 33.2. The summed E-state index contributed by atoms with van der Waals surface area (Å²) in [7, 11) is 0. The summed E-state index contributed by atoms with van der Waals surface area (Å²) in [6, 6.07) is 79.5. The van der Waals surface area contributed by atoms with Gasteiger partial charge in [-0.1, -0.05) is 152 Å². The van der Waals surface area contributed by atoms with Crippen molar-refractivity contribution in [3.8, 4) is 39.1 Å². The molecule has 2 aromatic heterocycles. The van der Waals surface area contributed by atoms with Crippen LogP contribution in [0.5, 0.6) is 0 Å². The fraction of sp³-hybridized carbons (Fsp3) is 0. The van der Waals surface area contributed by atoms with E-state index in [1.807, 2.05) is 11.3 Å². The highest BCUT2D eigenvalue weighted by atomic mass is 32.1. The lowest BCUT2D eigenvalue weighted by atomic mass is 9.93. The Hall–Kier alpha value is -7.20. The first-order chi connectivity index (χ1) is 28.3. The molecule has 268 valence electrons. The van der Waals surface area contributed by atoms with Gasteiger partial charge < -0.3 is 9.47 Å². The van der Waals surface area contributed by atoms with Gasteiger partial charge in [0.2, 0.25) is 0 Å². The van der Waals surface area contributed by atoms with E-state index in [2.05, 4.69) is 228 Å². The zero-order chi connectivity index (χ0) is 37.7. The summed E-state index contributed by atoms with van der Waals surface area (Å²) in [5.74, 6) is 0. The fourth-order valence-electron chi connectivity index (χ4n) is 8.58. The van der Waals surface area contributed by atoms with Gasteiger partial charge in [-0.15, -0.1) is 11.3 Å². The Labute approximate surface area is 335 Å². The Morgan fingerprint density at radius 2 is 0.930 bits per heavy atom. The second-order valence-corrected chi connectivity index (χ2v) is 15.6. The zero-order valence-electron chi connectivity index (χ0n) is 31.1. The Balaban J connectivity index is 1.21. The van der Waals surface area contributed by atoms with Gasteiger partial charge in [-0.3, -0.25) is 0 Å². The Morgan fingerprint density at radius 3 is 1.70 bits per heavy atom. The summed E-state index contributed by atoms with van der Waals surface area (Å²) < 4.78 is 4.97. The molecule has 0 N–H and O–H groups in total. The van der Waals surface area contributed by atoms with Crippen LogP contribution in [0.1, 0.15) is 0 Å². The number of anilines is 3. The maximum absolute atomic E-state index is 2.47. The van der Waals surface area contributed by atoms with Gasteiger partial charge in [-0.05, 0) is 94.5 Å². The molecule has 0 bridgehead atoms. The summed E-state index contributed by atoms with van der Waals surface area (Å²) in [5, 5.41) is 5.03. The molecule has 11 rings (SSSR count). The fourth-order valence-corrected chi connectivity index (χ4v) is 9.70. The number of aromatic nitrogens is 1. The molecule has 0 unspecified atom stereocenters. The number of thiophene rings is 1. The highest BCUT2D eigenvalue weighted by Gasteiger charge is 2.24. The predicted molar refractivity (Wildman–Crippen MR) is 245 cm³/mol. The van der Waals surface area contributed by atoms with Crippen LogP contribution >= 0.6 is 11.3 Å². The van der Waals surface area contributed by atoms with E-state index < -0.39 is 0 Å². The van der Waals surface area contributed by atoms with E-state index in [0.717, 1.165) is 22.7 Å². The van der Waals surface area contributed by atoms with Crippen molar-refractivity contribution >= 4 is 70.4 Å². The van der Waals surface area contributed by atoms with Crippen LogP contribution in [0.3, 0.4) is 0 Å². The van der Waals surface area contributed by atoms with E-state index in [-0.39, 0.29) is 0 Å². The molecule has 2 nitrogen and oxygen atoms in total. The topological polar surface area (TPSA) is 8.17 Å². The van der Waals surface area contributed by atoms with Crippen molar-refractivity contribution in [3.63, 3.8) is 0 Å². The van der Waals surface area contributed by atoms with E-state index in [0.29, 0.717) is 0 Å². The number of hydrogen-bond donors (Lipinski definition) is 0. The number of para-hydroxylation sites is 2. The number of fused-ring (bicyclic) bond motifs is 6. The van der Waals surface area contributed by atoms with E-state index in [4.69, 9.17) is 0 Å². The average Bonchev–Trinajstić information content (AvgIpc) is 3.83. The molecule has 0 saturated heterocycles. The average molecular weight is 745 g/mol. The van der Waals surface area contributed by atoms with Crippen LogP contribution in [0.15, 0.2) is 218 Å². The third-order valence-corrected chi connectivity index (χ3v) is 12.3. The van der Waals surface area contributed by atoms with Crippen LogP contribution in [0.4, 0.5) is 17.1 Å². The minimum Gasteiger partial charge on any atom is -0.310 e. The predicted octanol–water partition coefficient (Wildman–Crippen LogP) is 15.6. The first-order valence-electron chi connectivity index (χ1n) is 19.4. The molecule has 0 spiro atoms. The standard InChI is InChI=1S/C54H36N2S/c1-4-15-37(16-5-1)39-27-29-43(30-28-39)55(44-31-32-46-45-23-10-12-25-48(45)56(50(46)36-44)42-21-8-3-9-22-42)49-33-34-52-54(47-24-11-13-26-51(47)57-52)53(49)41-20-14-19-40(35-41)38-17-6-2-7-18-38/h1-36H. The molecule has 2 heterocycles. The third kappa shape index (κ3) is 5.71. The van der Waals surface area contributed by atoms with E-state index in [1.165, 1.54) is 75.4 Å². The van der Waals surface area contributed by atoms with Crippen molar-refractivity contribution < 1.29 is 0 Å². The zero-order valence-corrected chi connectivity index (χ0v) is 31.9. The van der Waals surface area contributed by atoms with Crippen LogP contribution in [-0.2, 0) is 0 Å². The molecule has 0 aliphatic carbocycles. The highest BCUT2D eigenvalue weighted by Crippen LogP contribution is 2.50. The maximum Gasteiger partial charge on any atom is 0.0561 e. The molecule has 0 aliphatic heterocycles. The van der Waals surface area contributed by atoms with Gasteiger partial charge in [-0.2, -0.15) is 0 Å². The lowest BCUT2D eigenvalue weighted by Crippen LogP contribution is -2.11. The number of benzene rings is 9. The van der Waals surface area contributed by atoms with Crippen molar-refractivity contribution in [3.05, 3.63) is 218 Å². The summed E-state index contributed by atoms with van der Waals surface area (Å²) in [6.07, 6.45) is 0. The highest BCUT2D eigenvalue weighted by molar-refractivity contribution is 7.26. The van der Waals surface area contributed by atoms with Crippen molar-refractivity contribution in [2.75, 3.05) is 4.90 Å². The van der Waals surface area contributed by atoms with Gasteiger partial charge in [0.15, 0.2) is 0 Å². The van der Waals surface area contributed by atoms with Crippen molar-refractivity contribution in [2.24, 2.45) is 0 Å². The minimum atomic E-state index is 1.09. The molecule has 0 atom stereocenters. The molecule has 3 heteroatoms. The Morgan fingerprint density at radius 1 is 0.351 bits per heavy atom. The van der Waals surface area contributed by atoms with Gasteiger partial charge in [0.25, 0.3) is 0 Å². The quantitative estimate of drug-likeness (QED) is 0.158. The Kier molecular flexibility index (Phi) is 8.04. The van der Waals surface area contributed by atoms with Crippen molar-refractivity contribution in [2.45, 2.75) is 0 Å².